The number of allylic oxidation sites excluding steroid dienone is 5. The second-order valence-electron chi connectivity index (χ2n) is 4.93. The first kappa shape index (κ1) is 19.1. The molecule has 1 nitrogen and oxygen atoms in total. The number of hydrogen-bond donors (Lipinski definition) is 1. The molecule has 20 heavy (non-hydrogen) atoms. The van der Waals surface area contributed by atoms with Crippen LogP contribution in [-0.4, -0.2) is 4.98 Å². The minimum atomic E-state index is 0. The predicted molar refractivity (Wildman–Crippen MR) is 85.4 cm³/mol. The van der Waals surface area contributed by atoms with E-state index in [4.69, 9.17) is 0 Å². The first-order chi connectivity index (χ1) is 9.31. The van der Waals surface area contributed by atoms with Crippen molar-refractivity contribution in [3.8, 4) is 0 Å². The van der Waals surface area contributed by atoms with Gasteiger partial charge >= 0.3 is 0 Å². The third-order valence-corrected chi connectivity index (χ3v) is 3.20. The van der Waals surface area contributed by atoms with E-state index in [0.717, 1.165) is 12.8 Å². The molecule has 2 heteroatoms. The van der Waals surface area contributed by atoms with Gasteiger partial charge in [0, 0.05) is 31.4 Å². The number of rotatable bonds is 6. The Morgan fingerprint density at radius 2 is 2.00 bits per heavy atom. The summed E-state index contributed by atoms with van der Waals surface area (Å²) in [6.45, 7) is 8.10. The van der Waals surface area contributed by atoms with Crippen LogP contribution in [0.15, 0.2) is 48.7 Å². The van der Waals surface area contributed by atoms with Gasteiger partial charge in [-0.2, -0.15) is 0 Å². The van der Waals surface area contributed by atoms with E-state index in [1.165, 1.54) is 42.5 Å². The summed E-state index contributed by atoms with van der Waals surface area (Å²) in [6, 6.07) is 2.20. The van der Waals surface area contributed by atoms with Gasteiger partial charge in [-0.15, -0.1) is 6.58 Å². The van der Waals surface area contributed by atoms with Crippen molar-refractivity contribution in [2.24, 2.45) is 0 Å². The van der Waals surface area contributed by atoms with Crippen LogP contribution in [0.25, 0.3) is 0 Å². The molecule has 1 aliphatic rings. The van der Waals surface area contributed by atoms with Crippen molar-refractivity contribution < 1.29 is 19.5 Å². The molecule has 1 aromatic rings. The van der Waals surface area contributed by atoms with Crippen LogP contribution in [0.1, 0.15) is 50.8 Å². The summed E-state index contributed by atoms with van der Waals surface area (Å²) < 4.78 is 0. The molecule has 0 fully saturated rings. The minimum absolute atomic E-state index is 0. The van der Waals surface area contributed by atoms with Crippen molar-refractivity contribution in [1.29, 1.82) is 0 Å². The maximum atomic E-state index is 3.66. The maximum Gasteiger partial charge on any atom is 0.0179 e. The van der Waals surface area contributed by atoms with E-state index < -0.39 is 0 Å². The van der Waals surface area contributed by atoms with Gasteiger partial charge in [0.1, 0.15) is 0 Å². The standard InChI is InChI=1S/C10H17N.C8H10.Ru/c1-3-5-9-7-8-11-10(9)6-4-2;1-2-5-8-6-3-4-7-8;/h7-8,11H,3-6H2,1-2H3;2-4,6H,1,5,7H2;. The van der Waals surface area contributed by atoms with E-state index in [2.05, 4.69) is 55.9 Å². The number of aryl methyl sites for hydroxylation is 2. The fourth-order valence-electron chi connectivity index (χ4n) is 2.25. The van der Waals surface area contributed by atoms with Gasteiger partial charge in [0.2, 0.25) is 0 Å². The molecule has 0 spiro atoms. The van der Waals surface area contributed by atoms with Crippen LogP contribution in [0.5, 0.6) is 0 Å². The second-order valence-corrected chi connectivity index (χ2v) is 4.93. The largest absolute Gasteiger partial charge is 0.365 e. The summed E-state index contributed by atoms with van der Waals surface area (Å²) in [4.78, 5) is 3.29. The number of aromatic nitrogens is 1. The number of nitrogens with one attached hydrogen (secondary N) is 1. The summed E-state index contributed by atoms with van der Waals surface area (Å²) in [5.41, 5.74) is 4.42. The van der Waals surface area contributed by atoms with E-state index in [0.29, 0.717) is 0 Å². The van der Waals surface area contributed by atoms with E-state index >= 15 is 0 Å². The second kappa shape index (κ2) is 11.9. The molecule has 1 N–H and O–H groups in total. The normalized spacial score (nSPS) is 12.2. The van der Waals surface area contributed by atoms with Gasteiger partial charge < -0.3 is 4.98 Å². The van der Waals surface area contributed by atoms with Crippen molar-refractivity contribution in [2.45, 2.75) is 52.4 Å². The van der Waals surface area contributed by atoms with Crippen LogP contribution < -0.4 is 0 Å². The van der Waals surface area contributed by atoms with Crippen LogP contribution >= 0.6 is 0 Å². The predicted octanol–water partition coefficient (Wildman–Crippen LogP) is 5.37. The van der Waals surface area contributed by atoms with Gasteiger partial charge in [-0.05, 0) is 37.3 Å². The van der Waals surface area contributed by atoms with E-state index in [1.807, 2.05) is 6.08 Å². The average Bonchev–Trinajstić information content (AvgIpc) is 3.04. The Labute approximate surface area is 137 Å². The van der Waals surface area contributed by atoms with Gasteiger partial charge in [0.15, 0.2) is 0 Å². The van der Waals surface area contributed by atoms with Crippen LogP contribution in [0.4, 0.5) is 0 Å². The van der Waals surface area contributed by atoms with Crippen molar-refractivity contribution >= 4 is 0 Å². The van der Waals surface area contributed by atoms with Crippen LogP contribution in [0.2, 0.25) is 0 Å². The number of aromatic amines is 1. The molecule has 0 aliphatic heterocycles. The smallest absolute Gasteiger partial charge is 0.0179 e. The summed E-state index contributed by atoms with van der Waals surface area (Å²) in [5.74, 6) is 0. The van der Waals surface area contributed by atoms with Gasteiger partial charge in [-0.25, -0.2) is 0 Å². The molecule has 0 unspecified atom stereocenters. The Hall–Kier alpha value is -0.877. The minimum Gasteiger partial charge on any atom is -0.365 e. The molecule has 112 valence electrons. The van der Waals surface area contributed by atoms with Gasteiger partial charge in [-0.3, -0.25) is 0 Å². The van der Waals surface area contributed by atoms with Gasteiger partial charge in [-0.1, -0.05) is 56.6 Å². The van der Waals surface area contributed by atoms with E-state index in [9.17, 15) is 0 Å². The number of hydrogen-bond acceptors (Lipinski definition) is 0. The summed E-state index contributed by atoms with van der Waals surface area (Å²) in [6.07, 6.45) is 17.5. The quantitative estimate of drug-likeness (QED) is 0.520. The molecule has 0 radical (unpaired) electrons. The fraction of sp³-hybridized carbons (Fsp3) is 0.444. The molecule has 1 aromatic heterocycles. The maximum absolute atomic E-state index is 3.66. The molecule has 0 bridgehead atoms. The molecule has 2 rings (SSSR count). The van der Waals surface area contributed by atoms with Crippen LogP contribution in [0.3, 0.4) is 0 Å². The first-order valence-electron chi connectivity index (χ1n) is 7.42. The van der Waals surface area contributed by atoms with Crippen molar-refractivity contribution in [2.75, 3.05) is 0 Å². The van der Waals surface area contributed by atoms with Crippen molar-refractivity contribution in [3.05, 3.63) is 60.0 Å². The molecule has 1 heterocycles. The third-order valence-electron chi connectivity index (χ3n) is 3.20. The molecular formula is C18H27NRu. The van der Waals surface area contributed by atoms with Crippen LogP contribution in [0, 0.1) is 0 Å². The molecule has 0 saturated carbocycles. The Balaban J connectivity index is 0.000000359. The monoisotopic (exact) mass is 359 g/mol. The Bertz CT molecular complexity index is 406. The third kappa shape index (κ3) is 7.05. The Morgan fingerprint density at radius 3 is 2.55 bits per heavy atom. The Morgan fingerprint density at radius 1 is 1.25 bits per heavy atom. The SMILES string of the molecule is C=CCC1=CC=CC1.CCCc1cc[nH]c1CCC.[Ru]. The van der Waals surface area contributed by atoms with Gasteiger partial charge in [0.25, 0.3) is 0 Å². The Kier molecular flexibility index (Phi) is 11.4. The van der Waals surface area contributed by atoms with Crippen LogP contribution in [-0.2, 0) is 32.3 Å². The summed E-state index contributed by atoms with van der Waals surface area (Å²) in [5, 5.41) is 0. The topological polar surface area (TPSA) is 15.8 Å². The zero-order valence-electron chi connectivity index (χ0n) is 12.8. The molecule has 0 aromatic carbocycles. The molecular weight excluding hydrogens is 331 g/mol. The molecule has 1 aliphatic carbocycles. The summed E-state index contributed by atoms with van der Waals surface area (Å²) in [7, 11) is 0. The van der Waals surface area contributed by atoms with Gasteiger partial charge in [0.05, 0.1) is 0 Å². The summed E-state index contributed by atoms with van der Waals surface area (Å²) >= 11 is 0. The van der Waals surface area contributed by atoms with E-state index in [-0.39, 0.29) is 19.5 Å². The molecule has 0 saturated heterocycles. The van der Waals surface area contributed by atoms with E-state index in [1.54, 1.807) is 0 Å². The zero-order valence-corrected chi connectivity index (χ0v) is 14.5. The number of H-pyrrole nitrogens is 1. The van der Waals surface area contributed by atoms with Crippen molar-refractivity contribution in [1.82, 2.24) is 4.98 Å². The van der Waals surface area contributed by atoms with Crippen molar-refractivity contribution in [3.63, 3.8) is 0 Å². The zero-order chi connectivity index (χ0) is 13.9. The first-order valence-corrected chi connectivity index (χ1v) is 7.42. The molecule has 0 amide bonds. The fourth-order valence-corrected chi connectivity index (χ4v) is 2.25. The average molecular weight is 358 g/mol. The molecule has 0 atom stereocenters.